The van der Waals surface area contributed by atoms with Crippen LogP contribution in [-0.2, 0) is 9.84 Å². The van der Waals surface area contributed by atoms with E-state index in [-0.39, 0.29) is 16.0 Å². The summed E-state index contributed by atoms with van der Waals surface area (Å²) in [6.07, 6.45) is 10.5. The van der Waals surface area contributed by atoms with Crippen molar-refractivity contribution < 1.29 is 17.9 Å². The van der Waals surface area contributed by atoms with E-state index in [1.54, 1.807) is 0 Å². The van der Waals surface area contributed by atoms with Gasteiger partial charge in [-0.25, -0.2) is 12.8 Å². The van der Waals surface area contributed by atoms with E-state index < -0.39 is 21.4 Å². The van der Waals surface area contributed by atoms with Crippen molar-refractivity contribution >= 4 is 38.0 Å². The molecule has 5 rings (SSSR count). The summed E-state index contributed by atoms with van der Waals surface area (Å²) in [6.45, 7) is 2.66. The maximum atomic E-state index is 14.3. The number of fused-ring (bicyclic) bond motifs is 1. The number of phenolic OH excluding ortho intramolecular Hbond substituents is 1. The first-order valence-corrected chi connectivity index (χ1v) is 14.8. The molecule has 0 atom stereocenters. The Morgan fingerprint density at radius 1 is 1.08 bits per heavy atom. The lowest BCUT2D eigenvalue weighted by molar-refractivity contribution is 0.300. The third-order valence-corrected chi connectivity index (χ3v) is 8.80. The predicted molar refractivity (Wildman–Crippen MR) is 142 cm³/mol. The quantitative estimate of drug-likeness (QED) is 0.421. The number of hydrogen-bond acceptors (Lipinski definition) is 6. The molecule has 1 saturated carbocycles. The van der Waals surface area contributed by atoms with E-state index in [1.807, 2.05) is 18.2 Å². The van der Waals surface area contributed by atoms with E-state index >= 15 is 0 Å². The van der Waals surface area contributed by atoms with Gasteiger partial charge in [0.1, 0.15) is 4.90 Å². The number of likely N-dealkylation sites (tertiary alicyclic amines) is 1. The number of hydrogen-bond donors (Lipinski definition) is 1. The largest absolute Gasteiger partial charge is 0.504 e. The Morgan fingerprint density at radius 3 is 2.47 bits per heavy atom. The second-order valence-electron chi connectivity index (χ2n) is 9.99. The smallest absolute Gasteiger partial charge is 0.179 e. The molecule has 0 amide bonds. The summed E-state index contributed by atoms with van der Waals surface area (Å²) in [5, 5.41) is 10.4. The van der Waals surface area contributed by atoms with Gasteiger partial charge >= 0.3 is 0 Å². The summed E-state index contributed by atoms with van der Waals surface area (Å²) in [4.78, 5) is 9.39. The second-order valence-corrected chi connectivity index (χ2v) is 12.4. The zero-order valence-corrected chi connectivity index (χ0v) is 22.0. The molecule has 2 heterocycles. The molecular formula is C27H31ClFN3O3S. The van der Waals surface area contributed by atoms with E-state index in [0.29, 0.717) is 34.4 Å². The molecule has 2 aliphatic rings. The van der Waals surface area contributed by atoms with Crippen LogP contribution in [0.1, 0.15) is 44.9 Å². The second kappa shape index (κ2) is 10.1. The van der Waals surface area contributed by atoms with Crippen LogP contribution in [0.25, 0.3) is 22.0 Å². The van der Waals surface area contributed by atoms with Crippen LogP contribution in [0, 0.1) is 5.82 Å². The lowest BCUT2D eigenvalue weighted by atomic mass is 9.93. The molecule has 1 aromatic heterocycles. The minimum atomic E-state index is -3.58. The molecule has 3 aromatic rings. The highest BCUT2D eigenvalue weighted by Crippen LogP contribution is 2.40. The van der Waals surface area contributed by atoms with Crippen LogP contribution < -0.4 is 4.90 Å². The first kappa shape index (κ1) is 25.2. The average Bonchev–Trinajstić information content (AvgIpc) is 3.38. The Labute approximate surface area is 216 Å². The zero-order valence-electron chi connectivity index (χ0n) is 20.4. The number of aromatic hydroxyl groups is 1. The van der Waals surface area contributed by atoms with Gasteiger partial charge in [-0.2, -0.15) is 0 Å². The number of aromatic nitrogens is 1. The molecule has 9 heteroatoms. The van der Waals surface area contributed by atoms with E-state index in [0.717, 1.165) is 51.6 Å². The van der Waals surface area contributed by atoms with Gasteiger partial charge in [0.25, 0.3) is 0 Å². The summed E-state index contributed by atoms with van der Waals surface area (Å²) in [6, 6.07) is 8.49. The monoisotopic (exact) mass is 531 g/mol. The first-order valence-electron chi connectivity index (χ1n) is 12.5. The van der Waals surface area contributed by atoms with E-state index in [4.69, 9.17) is 11.6 Å². The van der Waals surface area contributed by atoms with Gasteiger partial charge in [-0.1, -0.05) is 36.9 Å². The summed E-state index contributed by atoms with van der Waals surface area (Å²) in [5.41, 5.74) is 2.51. The van der Waals surface area contributed by atoms with Crippen molar-refractivity contribution in [2.24, 2.45) is 0 Å². The lowest BCUT2D eigenvalue weighted by Crippen LogP contribution is -2.44. The van der Waals surface area contributed by atoms with Crippen molar-refractivity contribution in [3.05, 3.63) is 47.4 Å². The fourth-order valence-corrected chi connectivity index (χ4v) is 6.57. The fraction of sp³-hybridized carbons (Fsp3) is 0.444. The molecular weight excluding hydrogens is 501 g/mol. The third kappa shape index (κ3) is 5.04. The number of nitrogens with zero attached hydrogens (tertiary/aromatic N) is 3. The molecule has 1 aliphatic heterocycles. The van der Waals surface area contributed by atoms with E-state index in [1.165, 1.54) is 31.0 Å². The van der Waals surface area contributed by atoms with E-state index in [9.17, 15) is 17.9 Å². The predicted octanol–water partition coefficient (Wildman–Crippen LogP) is 6.00. The van der Waals surface area contributed by atoms with Crippen molar-refractivity contribution in [1.29, 1.82) is 0 Å². The van der Waals surface area contributed by atoms with Gasteiger partial charge in [0, 0.05) is 23.9 Å². The van der Waals surface area contributed by atoms with Gasteiger partial charge in [-0.3, -0.25) is 9.88 Å². The summed E-state index contributed by atoms with van der Waals surface area (Å²) in [7, 11) is -3.58. The molecule has 2 aromatic carbocycles. The molecule has 2 fully saturated rings. The Bertz CT molecular complexity index is 1360. The maximum absolute atomic E-state index is 14.3. The van der Waals surface area contributed by atoms with Crippen molar-refractivity contribution in [2.45, 2.75) is 55.9 Å². The Balaban J connectivity index is 1.73. The first-order chi connectivity index (χ1) is 17.2. The Hall–Kier alpha value is -2.42. The van der Waals surface area contributed by atoms with Crippen LogP contribution in [0.3, 0.4) is 0 Å². The molecule has 1 aliphatic carbocycles. The topological polar surface area (TPSA) is 73.7 Å². The highest BCUT2D eigenvalue weighted by Gasteiger charge is 2.30. The van der Waals surface area contributed by atoms with Gasteiger partial charge in [0.05, 0.1) is 22.9 Å². The fourth-order valence-electron chi connectivity index (χ4n) is 5.54. The normalized spacial score (nSPS) is 17.6. The number of anilines is 1. The molecule has 0 unspecified atom stereocenters. The number of sulfone groups is 1. The highest BCUT2D eigenvalue weighted by molar-refractivity contribution is 7.90. The van der Waals surface area contributed by atoms with Crippen molar-refractivity contribution in [3.8, 4) is 16.9 Å². The molecule has 1 saturated heterocycles. The maximum Gasteiger partial charge on any atom is 0.179 e. The van der Waals surface area contributed by atoms with Gasteiger partial charge in [-0.05, 0) is 74.2 Å². The number of phenols is 1. The van der Waals surface area contributed by atoms with Crippen molar-refractivity contribution in [3.63, 3.8) is 0 Å². The third-order valence-electron chi connectivity index (χ3n) is 7.41. The number of benzene rings is 2. The summed E-state index contributed by atoms with van der Waals surface area (Å²) < 4.78 is 40.4. The van der Waals surface area contributed by atoms with Gasteiger partial charge in [0.15, 0.2) is 21.4 Å². The SMILES string of the molecule is CS(=O)(=O)c1cnc2ccc(-c3cc(F)c(O)c(Cl)c3)cc2c1N(CN1CCCC1)C1CCCCC1. The van der Waals surface area contributed by atoms with E-state index in [2.05, 4.69) is 14.8 Å². The number of rotatable bonds is 6. The average molecular weight is 532 g/mol. The lowest BCUT2D eigenvalue weighted by Gasteiger charge is -2.40. The molecule has 36 heavy (non-hydrogen) atoms. The molecule has 192 valence electrons. The minimum Gasteiger partial charge on any atom is -0.504 e. The molecule has 6 nitrogen and oxygen atoms in total. The minimum absolute atomic E-state index is 0.0776. The molecule has 0 bridgehead atoms. The highest BCUT2D eigenvalue weighted by atomic mass is 35.5. The Kier molecular flexibility index (Phi) is 7.12. The van der Waals surface area contributed by atoms with Crippen LogP contribution in [0.15, 0.2) is 41.4 Å². The van der Waals surface area contributed by atoms with Gasteiger partial charge in [0.2, 0.25) is 0 Å². The van der Waals surface area contributed by atoms with Gasteiger partial charge < -0.3 is 10.0 Å². The van der Waals surface area contributed by atoms with Crippen LogP contribution in [-0.4, -0.2) is 55.5 Å². The number of pyridine rings is 1. The molecule has 1 N–H and O–H groups in total. The molecule has 0 spiro atoms. The van der Waals surface area contributed by atoms with Crippen LogP contribution in [0.5, 0.6) is 5.75 Å². The Morgan fingerprint density at radius 2 is 1.81 bits per heavy atom. The van der Waals surface area contributed by atoms with Crippen LogP contribution >= 0.6 is 11.6 Å². The van der Waals surface area contributed by atoms with Crippen LogP contribution in [0.4, 0.5) is 10.1 Å². The van der Waals surface area contributed by atoms with Crippen molar-refractivity contribution in [2.75, 3.05) is 30.9 Å². The van der Waals surface area contributed by atoms with Crippen molar-refractivity contribution in [1.82, 2.24) is 9.88 Å². The zero-order chi connectivity index (χ0) is 25.4. The van der Waals surface area contributed by atoms with Crippen LogP contribution in [0.2, 0.25) is 5.02 Å². The summed E-state index contributed by atoms with van der Waals surface area (Å²) >= 11 is 6.06. The van der Waals surface area contributed by atoms with Gasteiger partial charge in [-0.15, -0.1) is 0 Å². The summed E-state index contributed by atoms with van der Waals surface area (Å²) in [5.74, 6) is -1.39. The molecule has 0 radical (unpaired) electrons. The standard InChI is InChI=1S/C27H31ClFN3O3S/c1-36(34,35)25-16-30-24-10-9-18(19-14-22(28)27(33)23(29)15-19)13-21(24)26(25)32(17-31-11-5-6-12-31)20-7-3-2-4-8-20/h9-10,13-16,20,33H,2-8,11-12,17H2,1H3. The number of halogens is 2.